The van der Waals surface area contributed by atoms with E-state index in [1.165, 1.54) is 6.07 Å². The maximum Gasteiger partial charge on any atom is 0.153 e. The molecule has 0 aliphatic heterocycles. The zero-order chi connectivity index (χ0) is 19.8. The minimum absolute atomic E-state index is 0.0778. The maximum absolute atomic E-state index is 11.7. The summed E-state index contributed by atoms with van der Waals surface area (Å²) in [4.78, 5) is 16.3. The molecule has 0 saturated carbocycles. The van der Waals surface area contributed by atoms with Gasteiger partial charge in [0.05, 0.1) is 21.5 Å². The Morgan fingerprint density at radius 3 is 2.61 bits per heavy atom. The number of carbonyl (C=O) groups is 1. The highest BCUT2D eigenvalue weighted by Gasteiger charge is 2.15. The van der Waals surface area contributed by atoms with Gasteiger partial charge in [-0.15, -0.1) is 0 Å². The van der Waals surface area contributed by atoms with Crippen LogP contribution in [0.2, 0.25) is 10.0 Å². The number of halogens is 2. The van der Waals surface area contributed by atoms with E-state index < -0.39 is 5.97 Å². The molecule has 0 N–H and O–H groups in total. The lowest BCUT2D eigenvalue weighted by molar-refractivity contribution is -0.254. The summed E-state index contributed by atoms with van der Waals surface area (Å²) >= 11 is 12.3. The quantitative estimate of drug-likeness (QED) is 0.451. The number of hydrogen-bond donors (Lipinski definition) is 0. The zero-order valence-electron chi connectivity index (χ0n) is 14.8. The first-order valence-corrected chi connectivity index (χ1v) is 9.43. The summed E-state index contributed by atoms with van der Waals surface area (Å²) < 4.78 is 5.90. The molecule has 6 heteroatoms. The lowest BCUT2D eigenvalue weighted by Gasteiger charge is -2.10. The molecule has 140 valence electrons. The molecule has 2 heterocycles. The van der Waals surface area contributed by atoms with Gasteiger partial charge in [-0.1, -0.05) is 42.3 Å². The number of benzene rings is 2. The van der Waals surface area contributed by atoms with Crippen molar-refractivity contribution < 1.29 is 14.3 Å². The van der Waals surface area contributed by atoms with Crippen LogP contribution in [0.15, 0.2) is 59.0 Å². The van der Waals surface area contributed by atoms with Crippen LogP contribution in [0, 0.1) is 0 Å². The smallest absolute Gasteiger partial charge is 0.153 e. The lowest BCUT2D eigenvalue weighted by atomic mass is 10.0. The van der Waals surface area contributed by atoms with Crippen LogP contribution in [-0.2, 0) is 6.42 Å². The number of carboxylic acid groups (broad SMARTS) is 1. The van der Waals surface area contributed by atoms with Crippen molar-refractivity contribution >= 4 is 40.1 Å². The van der Waals surface area contributed by atoms with Gasteiger partial charge in [-0.05, 0) is 54.4 Å². The molecule has 0 radical (unpaired) electrons. The molecular formula is C22H14Cl2NO3-. The molecule has 0 bridgehead atoms. The average Bonchev–Trinajstić information content (AvgIpc) is 3.18. The predicted octanol–water partition coefficient (Wildman–Crippen LogP) is 5.39. The van der Waals surface area contributed by atoms with Crippen molar-refractivity contribution in [2.24, 2.45) is 0 Å². The van der Waals surface area contributed by atoms with E-state index in [2.05, 4.69) is 4.98 Å². The number of carboxylic acids is 1. The first kappa shape index (κ1) is 18.5. The third-order valence-corrected chi connectivity index (χ3v) is 5.40. The number of fused-ring (bicyclic) bond motifs is 1. The van der Waals surface area contributed by atoms with Gasteiger partial charge in [0.15, 0.2) is 5.76 Å². The molecule has 0 fully saturated rings. The highest BCUT2D eigenvalue weighted by atomic mass is 35.5. The predicted molar refractivity (Wildman–Crippen MR) is 109 cm³/mol. The van der Waals surface area contributed by atoms with Crippen LogP contribution >= 0.6 is 23.2 Å². The molecule has 0 amide bonds. The fourth-order valence-corrected chi connectivity index (χ4v) is 3.50. The number of furan rings is 1. The molecular weight excluding hydrogens is 397 g/mol. The lowest BCUT2D eigenvalue weighted by Crippen LogP contribution is -2.22. The molecule has 0 unspecified atom stereocenters. The van der Waals surface area contributed by atoms with Gasteiger partial charge in [0.25, 0.3) is 0 Å². The molecule has 0 spiro atoms. The van der Waals surface area contributed by atoms with Crippen LogP contribution in [-0.4, -0.2) is 11.0 Å². The minimum Gasteiger partial charge on any atom is -0.545 e. The van der Waals surface area contributed by atoms with E-state index in [-0.39, 0.29) is 5.56 Å². The summed E-state index contributed by atoms with van der Waals surface area (Å²) in [5.74, 6) is -0.317. The van der Waals surface area contributed by atoms with Gasteiger partial charge in [0, 0.05) is 16.5 Å². The molecule has 0 aliphatic carbocycles. The van der Waals surface area contributed by atoms with E-state index in [4.69, 9.17) is 27.6 Å². The Morgan fingerprint density at radius 1 is 1.07 bits per heavy atom. The monoisotopic (exact) mass is 410 g/mol. The van der Waals surface area contributed by atoms with Gasteiger partial charge in [-0.3, -0.25) is 0 Å². The number of hydrogen-bond acceptors (Lipinski definition) is 4. The van der Waals surface area contributed by atoms with Crippen molar-refractivity contribution in [1.29, 1.82) is 0 Å². The highest BCUT2D eigenvalue weighted by Crippen LogP contribution is 2.36. The minimum atomic E-state index is -1.26. The van der Waals surface area contributed by atoms with Crippen LogP contribution in [0.1, 0.15) is 22.8 Å². The van der Waals surface area contributed by atoms with E-state index in [0.717, 1.165) is 12.0 Å². The van der Waals surface area contributed by atoms with Gasteiger partial charge < -0.3 is 14.3 Å². The summed E-state index contributed by atoms with van der Waals surface area (Å²) in [6, 6.07) is 15.8. The van der Waals surface area contributed by atoms with Crippen molar-refractivity contribution in [2.75, 3.05) is 0 Å². The van der Waals surface area contributed by atoms with E-state index in [0.29, 0.717) is 43.7 Å². The molecule has 2 aromatic carbocycles. The van der Waals surface area contributed by atoms with Crippen LogP contribution in [0.25, 0.3) is 33.7 Å². The van der Waals surface area contributed by atoms with Gasteiger partial charge in [0.1, 0.15) is 11.5 Å². The summed E-state index contributed by atoms with van der Waals surface area (Å²) in [5, 5.41) is 13.1. The Hall–Kier alpha value is -2.82. The largest absolute Gasteiger partial charge is 0.545 e. The molecule has 0 aliphatic rings. The van der Waals surface area contributed by atoms with E-state index in [1.807, 2.05) is 25.1 Å². The van der Waals surface area contributed by atoms with Crippen molar-refractivity contribution in [1.82, 2.24) is 4.98 Å². The number of aromatic carboxylic acids is 1. The fourth-order valence-electron chi connectivity index (χ4n) is 3.10. The molecule has 2 aromatic heterocycles. The van der Waals surface area contributed by atoms with Crippen LogP contribution in [0.5, 0.6) is 0 Å². The summed E-state index contributed by atoms with van der Waals surface area (Å²) in [6.07, 6.45) is 0.798. The topological polar surface area (TPSA) is 66.2 Å². The fraction of sp³-hybridized carbons (Fsp3) is 0.0909. The Morgan fingerprint density at radius 2 is 1.86 bits per heavy atom. The second-order valence-electron chi connectivity index (χ2n) is 6.31. The third kappa shape index (κ3) is 3.26. The van der Waals surface area contributed by atoms with Gasteiger partial charge >= 0.3 is 0 Å². The number of pyridine rings is 1. The Kier molecular flexibility index (Phi) is 4.84. The van der Waals surface area contributed by atoms with Gasteiger partial charge in [-0.25, -0.2) is 4.98 Å². The number of aryl methyl sites for hydroxylation is 1. The molecule has 28 heavy (non-hydrogen) atoms. The van der Waals surface area contributed by atoms with E-state index >= 15 is 0 Å². The summed E-state index contributed by atoms with van der Waals surface area (Å²) in [6.45, 7) is 2.01. The maximum atomic E-state index is 11.7. The van der Waals surface area contributed by atoms with Gasteiger partial charge in [0.2, 0.25) is 0 Å². The second kappa shape index (κ2) is 7.30. The van der Waals surface area contributed by atoms with Crippen LogP contribution < -0.4 is 5.11 Å². The molecule has 0 atom stereocenters. The number of carbonyl (C=O) groups excluding carboxylic acids is 1. The van der Waals surface area contributed by atoms with Crippen LogP contribution in [0.3, 0.4) is 0 Å². The summed E-state index contributed by atoms with van der Waals surface area (Å²) in [5.41, 5.74) is 2.72. The zero-order valence-corrected chi connectivity index (χ0v) is 16.3. The first-order valence-electron chi connectivity index (χ1n) is 8.67. The Bertz CT molecular complexity index is 1210. The summed E-state index contributed by atoms with van der Waals surface area (Å²) in [7, 11) is 0. The van der Waals surface area contributed by atoms with Crippen LogP contribution in [0.4, 0.5) is 0 Å². The normalized spacial score (nSPS) is 11.1. The Labute approximate surface area is 171 Å². The highest BCUT2D eigenvalue weighted by molar-refractivity contribution is 6.43. The first-order chi connectivity index (χ1) is 13.5. The molecule has 0 saturated heterocycles. The Balaban J connectivity index is 1.85. The van der Waals surface area contributed by atoms with E-state index in [9.17, 15) is 9.90 Å². The standard InChI is InChI=1S/C22H15Cl2NO3/c1-2-12-6-7-17-14(10-12)15(22(26)27)11-18(25-17)20-9-8-19(28-20)13-4-3-5-16(23)21(13)24/h3-11H,2H2,1H3,(H,26,27)/p-1. The number of aromatic nitrogens is 1. The molecule has 4 nitrogen and oxygen atoms in total. The number of nitrogens with zero attached hydrogens (tertiary/aromatic N) is 1. The second-order valence-corrected chi connectivity index (χ2v) is 7.10. The van der Waals surface area contributed by atoms with Crippen molar-refractivity contribution in [3.8, 4) is 22.8 Å². The third-order valence-electron chi connectivity index (χ3n) is 4.58. The van der Waals surface area contributed by atoms with E-state index in [1.54, 1.807) is 30.3 Å². The SMILES string of the molecule is CCc1ccc2nc(-c3ccc(-c4cccc(Cl)c4Cl)o3)cc(C(=O)[O-])c2c1. The average molecular weight is 411 g/mol. The molecule has 4 aromatic rings. The van der Waals surface area contributed by atoms with Gasteiger partial charge in [-0.2, -0.15) is 0 Å². The molecule has 4 rings (SSSR count). The van der Waals surface area contributed by atoms with Crippen molar-refractivity contribution in [3.63, 3.8) is 0 Å². The van der Waals surface area contributed by atoms with Crippen molar-refractivity contribution in [2.45, 2.75) is 13.3 Å². The van der Waals surface area contributed by atoms with Crippen molar-refractivity contribution in [3.05, 3.63) is 75.8 Å². The number of rotatable bonds is 4.